The van der Waals surface area contributed by atoms with E-state index in [0.29, 0.717) is 5.39 Å². The summed E-state index contributed by atoms with van der Waals surface area (Å²) in [6.45, 7) is 3.75. The van der Waals surface area contributed by atoms with Gasteiger partial charge in [0.05, 0.1) is 0 Å². The molecule has 0 saturated carbocycles. The highest BCUT2D eigenvalue weighted by atomic mass is 19.1. The minimum absolute atomic E-state index is 0.182. The van der Waals surface area contributed by atoms with E-state index < -0.39 is 0 Å². The van der Waals surface area contributed by atoms with Crippen LogP contribution in [0.2, 0.25) is 0 Å². The molecule has 0 fully saturated rings. The summed E-state index contributed by atoms with van der Waals surface area (Å²) in [4.78, 5) is 0. The average Bonchev–Trinajstić information content (AvgIpc) is 2.07. The molecule has 0 aliphatic carbocycles. The Morgan fingerprint density at radius 2 is 1.92 bits per heavy atom. The summed E-state index contributed by atoms with van der Waals surface area (Å²) in [7, 11) is 0. The predicted molar refractivity (Wildman–Crippen MR) is 48.4 cm³/mol. The van der Waals surface area contributed by atoms with Gasteiger partial charge in [-0.15, -0.1) is 0 Å². The van der Waals surface area contributed by atoms with Gasteiger partial charge < -0.3 is 0 Å². The molecule has 2 aromatic carbocycles. The fraction of sp³-hybridized carbons (Fsp3) is 0. The van der Waals surface area contributed by atoms with Crippen molar-refractivity contribution < 1.29 is 4.39 Å². The van der Waals surface area contributed by atoms with E-state index in [1.54, 1.807) is 12.1 Å². The number of rotatable bonds is 0. The van der Waals surface area contributed by atoms with E-state index >= 15 is 0 Å². The van der Waals surface area contributed by atoms with Gasteiger partial charge in [-0.1, -0.05) is 24.3 Å². The summed E-state index contributed by atoms with van der Waals surface area (Å²) in [5.41, 5.74) is 0.840. The van der Waals surface area contributed by atoms with E-state index in [1.807, 2.05) is 18.2 Å². The largest absolute Gasteiger partial charge is 0.206 e. The number of fused-ring (bicyclic) bond motifs is 1. The van der Waals surface area contributed by atoms with Crippen LogP contribution in [-0.4, -0.2) is 0 Å². The molecule has 1 heteroatoms. The molecular formula is C11H8F. The number of benzene rings is 2. The molecule has 0 spiro atoms. The van der Waals surface area contributed by atoms with Crippen LogP contribution < -0.4 is 0 Å². The third-order valence-electron chi connectivity index (χ3n) is 1.89. The van der Waals surface area contributed by atoms with Crippen molar-refractivity contribution in [3.63, 3.8) is 0 Å². The molecule has 0 aliphatic heterocycles. The van der Waals surface area contributed by atoms with E-state index in [0.717, 1.165) is 10.9 Å². The second kappa shape index (κ2) is 2.59. The smallest absolute Gasteiger partial charge is 0.131 e. The second-order valence-corrected chi connectivity index (χ2v) is 2.80. The summed E-state index contributed by atoms with van der Waals surface area (Å²) in [5.74, 6) is -0.182. The Labute approximate surface area is 70.6 Å². The van der Waals surface area contributed by atoms with Crippen molar-refractivity contribution in [3.8, 4) is 0 Å². The summed E-state index contributed by atoms with van der Waals surface area (Å²) in [6, 6.07) is 10.6. The molecule has 59 valence electrons. The molecule has 2 rings (SSSR count). The van der Waals surface area contributed by atoms with Gasteiger partial charge >= 0.3 is 0 Å². The highest BCUT2D eigenvalue weighted by molar-refractivity contribution is 5.83. The van der Waals surface area contributed by atoms with Gasteiger partial charge in [0.15, 0.2) is 0 Å². The van der Waals surface area contributed by atoms with Crippen LogP contribution in [0.1, 0.15) is 5.56 Å². The standard InChI is InChI=1S/C11H8F/c1-8-5-6-9-3-2-4-11(12)10(9)7-8/h2-7H,1H2. The Morgan fingerprint density at radius 3 is 2.75 bits per heavy atom. The van der Waals surface area contributed by atoms with Gasteiger partial charge in [-0.2, -0.15) is 0 Å². The summed E-state index contributed by atoms with van der Waals surface area (Å²) in [5, 5.41) is 1.56. The van der Waals surface area contributed by atoms with Gasteiger partial charge in [0.1, 0.15) is 5.82 Å². The van der Waals surface area contributed by atoms with Crippen LogP contribution in [0, 0.1) is 12.7 Å². The fourth-order valence-electron chi connectivity index (χ4n) is 1.28. The van der Waals surface area contributed by atoms with Crippen molar-refractivity contribution in [2.24, 2.45) is 0 Å². The zero-order valence-corrected chi connectivity index (χ0v) is 6.55. The lowest BCUT2D eigenvalue weighted by molar-refractivity contribution is 0.640. The first-order valence-corrected chi connectivity index (χ1v) is 3.77. The first-order chi connectivity index (χ1) is 5.77. The average molecular weight is 159 g/mol. The zero-order valence-electron chi connectivity index (χ0n) is 6.55. The highest BCUT2D eigenvalue weighted by Crippen LogP contribution is 2.18. The minimum Gasteiger partial charge on any atom is -0.206 e. The van der Waals surface area contributed by atoms with E-state index in [9.17, 15) is 4.39 Å². The lowest BCUT2D eigenvalue weighted by Crippen LogP contribution is -1.79. The molecule has 0 amide bonds. The van der Waals surface area contributed by atoms with Crippen molar-refractivity contribution in [1.82, 2.24) is 0 Å². The Balaban J connectivity index is 2.88. The van der Waals surface area contributed by atoms with Crippen LogP contribution in [0.3, 0.4) is 0 Å². The number of halogens is 1. The van der Waals surface area contributed by atoms with Crippen LogP contribution in [0.25, 0.3) is 10.8 Å². The van der Waals surface area contributed by atoms with E-state index in [2.05, 4.69) is 6.92 Å². The lowest BCUT2D eigenvalue weighted by atomic mass is 10.1. The van der Waals surface area contributed by atoms with Gasteiger partial charge in [-0.05, 0) is 30.0 Å². The van der Waals surface area contributed by atoms with Crippen molar-refractivity contribution in [1.29, 1.82) is 0 Å². The molecule has 0 atom stereocenters. The lowest BCUT2D eigenvalue weighted by Gasteiger charge is -1.99. The van der Waals surface area contributed by atoms with Crippen LogP contribution in [-0.2, 0) is 0 Å². The summed E-state index contributed by atoms with van der Waals surface area (Å²) in [6.07, 6.45) is 0. The fourth-order valence-corrected chi connectivity index (χ4v) is 1.28. The van der Waals surface area contributed by atoms with E-state index in [4.69, 9.17) is 0 Å². The third-order valence-corrected chi connectivity index (χ3v) is 1.89. The molecular weight excluding hydrogens is 151 g/mol. The molecule has 1 radical (unpaired) electrons. The summed E-state index contributed by atoms with van der Waals surface area (Å²) < 4.78 is 13.1. The maximum atomic E-state index is 13.1. The van der Waals surface area contributed by atoms with E-state index in [1.165, 1.54) is 6.07 Å². The van der Waals surface area contributed by atoms with Crippen LogP contribution in [0.15, 0.2) is 36.4 Å². The van der Waals surface area contributed by atoms with Gasteiger partial charge in [-0.3, -0.25) is 0 Å². The second-order valence-electron chi connectivity index (χ2n) is 2.80. The highest BCUT2D eigenvalue weighted by Gasteiger charge is 1.98. The van der Waals surface area contributed by atoms with Gasteiger partial charge in [0.2, 0.25) is 0 Å². The van der Waals surface area contributed by atoms with Gasteiger partial charge in [0, 0.05) is 5.39 Å². The Morgan fingerprint density at radius 1 is 1.08 bits per heavy atom. The molecule has 0 heterocycles. The first kappa shape index (κ1) is 7.29. The van der Waals surface area contributed by atoms with E-state index in [-0.39, 0.29) is 5.82 Å². The molecule has 0 aliphatic rings. The molecule has 0 N–H and O–H groups in total. The Bertz CT molecular complexity index is 418. The molecule has 12 heavy (non-hydrogen) atoms. The Kier molecular flexibility index (Phi) is 1.58. The molecule has 0 nitrogen and oxygen atoms in total. The van der Waals surface area contributed by atoms with Crippen LogP contribution >= 0.6 is 0 Å². The molecule has 0 aromatic heterocycles. The van der Waals surface area contributed by atoms with Crippen molar-refractivity contribution >= 4 is 10.8 Å². The van der Waals surface area contributed by atoms with Gasteiger partial charge in [0.25, 0.3) is 0 Å². The van der Waals surface area contributed by atoms with Gasteiger partial charge in [-0.25, -0.2) is 4.39 Å². The maximum Gasteiger partial charge on any atom is 0.131 e. The topological polar surface area (TPSA) is 0 Å². The SMILES string of the molecule is [CH2]c1ccc2cccc(F)c2c1. The minimum atomic E-state index is -0.182. The molecule has 0 bridgehead atoms. The van der Waals surface area contributed by atoms with Crippen LogP contribution in [0.4, 0.5) is 4.39 Å². The first-order valence-electron chi connectivity index (χ1n) is 3.77. The van der Waals surface area contributed by atoms with Crippen molar-refractivity contribution in [3.05, 3.63) is 54.7 Å². The molecule has 0 saturated heterocycles. The predicted octanol–water partition coefficient (Wildman–Crippen LogP) is 3.16. The monoisotopic (exact) mass is 159 g/mol. The zero-order chi connectivity index (χ0) is 8.55. The molecule has 0 unspecified atom stereocenters. The normalized spacial score (nSPS) is 10.5. The Hall–Kier alpha value is -1.37. The number of hydrogen-bond acceptors (Lipinski definition) is 0. The molecule has 2 aromatic rings. The quantitative estimate of drug-likeness (QED) is 0.554. The van der Waals surface area contributed by atoms with Crippen molar-refractivity contribution in [2.75, 3.05) is 0 Å². The third kappa shape index (κ3) is 1.07. The van der Waals surface area contributed by atoms with Crippen molar-refractivity contribution in [2.45, 2.75) is 0 Å². The summed E-state index contributed by atoms with van der Waals surface area (Å²) >= 11 is 0. The maximum absolute atomic E-state index is 13.1. The van der Waals surface area contributed by atoms with Crippen LogP contribution in [0.5, 0.6) is 0 Å². The number of hydrogen-bond donors (Lipinski definition) is 0.